The van der Waals surface area contributed by atoms with Crippen molar-refractivity contribution in [2.24, 2.45) is 0 Å². The zero-order chi connectivity index (χ0) is 11.7. The van der Waals surface area contributed by atoms with E-state index in [4.69, 9.17) is 4.74 Å². The van der Waals surface area contributed by atoms with E-state index in [1.807, 2.05) is 0 Å². The molecule has 0 fully saturated rings. The lowest BCUT2D eigenvalue weighted by molar-refractivity contribution is -0.143. The number of rotatable bonds is 8. The van der Waals surface area contributed by atoms with Crippen molar-refractivity contribution in [3.63, 3.8) is 0 Å². The summed E-state index contributed by atoms with van der Waals surface area (Å²) in [7, 11) is 0. The summed E-state index contributed by atoms with van der Waals surface area (Å²) in [6.07, 6.45) is 3.50. The first-order chi connectivity index (χ1) is 7.07. The number of carbonyl (C=O) groups excluding carboxylic acids is 2. The third-order valence-corrected chi connectivity index (χ3v) is 2.07. The van der Waals surface area contributed by atoms with Gasteiger partial charge in [0.1, 0.15) is 0 Å². The van der Waals surface area contributed by atoms with Gasteiger partial charge in [0, 0.05) is 12.8 Å². The SMILES string of the molecule is C=C(C)C(=O)CCCCCC(=O)OCC. The molecule has 0 spiro atoms. The van der Waals surface area contributed by atoms with Crippen LogP contribution < -0.4 is 0 Å². The Morgan fingerprint density at radius 2 is 1.73 bits per heavy atom. The molecule has 0 aromatic rings. The molecule has 86 valence electrons. The second-order valence-corrected chi connectivity index (χ2v) is 3.57. The maximum absolute atomic E-state index is 11.2. The van der Waals surface area contributed by atoms with Gasteiger partial charge in [-0.3, -0.25) is 9.59 Å². The summed E-state index contributed by atoms with van der Waals surface area (Å²) >= 11 is 0. The number of esters is 1. The van der Waals surface area contributed by atoms with E-state index in [1.54, 1.807) is 13.8 Å². The van der Waals surface area contributed by atoms with E-state index < -0.39 is 0 Å². The monoisotopic (exact) mass is 212 g/mol. The highest BCUT2D eigenvalue weighted by Crippen LogP contribution is 2.07. The zero-order valence-electron chi connectivity index (χ0n) is 9.67. The molecule has 0 bridgehead atoms. The van der Waals surface area contributed by atoms with Gasteiger partial charge in [-0.15, -0.1) is 0 Å². The van der Waals surface area contributed by atoms with Crippen LogP contribution >= 0.6 is 0 Å². The summed E-state index contributed by atoms with van der Waals surface area (Å²) < 4.78 is 4.79. The number of ketones is 1. The third-order valence-electron chi connectivity index (χ3n) is 2.07. The molecule has 3 heteroatoms. The Hall–Kier alpha value is -1.12. The van der Waals surface area contributed by atoms with Crippen LogP contribution in [-0.2, 0) is 14.3 Å². The highest BCUT2D eigenvalue weighted by atomic mass is 16.5. The predicted molar refractivity (Wildman–Crippen MR) is 59.5 cm³/mol. The van der Waals surface area contributed by atoms with Gasteiger partial charge in [-0.25, -0.2) is 0 Å². The molecule has 0 aliphatic heterocycles. The minimum Gasteiger partial charge on any atom is -0.466 e. The molecule has 0 radical (unpaired) electrons. The number of unbranched alkanes of at least 4 members (excludes halogenated alkanes) is 2. The molecule has 0 aromatic heterocycles. The molecule has 0 saturated heterocycles. The van der Waals surface area contributed by atoms with Crippen LogP contribution in [0.5, 0.6) is 0 Å². The minimum absolute atomic E-state index is 0.117. The van der Waals surface area contributed by atoms with Crippen molar-refractivity contribution in [2.45, 2.75) is 46.0 Å². The van der Waals surface area contributed by atoms with Gasteiger partial charge in [0.15, 0.2) is 5.78 Å². The van der Waals surface area contributed by atoms with Crippen molar-refractivity contribution in [1.29, 1.82) is 0 Å². The first-order valence-corrected chi connectivity index (χ1v) is 5.42. The Morgan fingerprint density at radius 3 is 2.27 bits per heavy atom. The Bertz CT molecular complexity index is 231. The average Bonchev–Trinajstić information content (AvgIpc) is 2.17. The van der Waals surface area contributed by atoms with Gasteiger partial charge in [0.25, 0.3) is 0 Å². The van der Waals surface area contributed by atoms with Crippen molar-refractivity contribution >= 4 is 11.8 Å². The van der Waals surface area contributed by atoms with E-state index in [2.05, 4.69) is 6.58 Å². The fourth-order valence-electron chi connectivity index (χ4n) is 1.18. The largest absolute Gasteiger partial charge is 0.466 e. The molecule has 0 N–H and O–H groups in total. The second-order valence-electron chi connectivity index (χ2n) is 3.57. The van der Waals surface area contributed by atoms with Gasteiger partial charge >= 0.3 is 5.97 Å². The van der Waals surface area contributed by atoms with E-state index in [0.29, 0.717) is 25.0 Å². The highest BCUT2D eigenvalue weighted by molar-refractivity contribution is 5.93. The van der Waals surface area contributed by atoms with E-state index in [9.17, 15) is 9.59 Å². The Labute approximate surface area is 91.5 Å². The number of ether oxygens (including phenoxy) is 1. The Morgan fingerprint density at radius 1 is 1.13 bits per heavy atom. The van der Waals surface area contributed by atoms with Gasteiger partial charge in [0.05, 0.1) is 6.61 Å². The number of allylic oxidation sites excluding steroid dienone is 1. The van der Waals surface area contributed by atoms with Crippen molar-refractivity contribution < 1.29 is 14.3 Å². The molecule has 0 aliphatic carbocycles. The van der Waals surface area contributed by atoms with Crippen LogP contribution in [-0.4, -0.2) is 18.4 Å². The number of carbonyl (C=O) groups is 2. The molecule has 0 aromatic carbocycles. The zero-order valence-corrected chi connectivity index (χ0v) is 9.67. The second kappa shape index (κ2) is 8.21. The van der Waals surface area contributed by atoms with Crippen LogP contribution in [0.15, 0.2) is 12.2 Å². The lowest BCUT2D eigenvalue weighted by Crippen LogP contribution is -2.03. The van der Waals surface area contributed by atoms with Gasteiger partial charge in [-0.1, -0.05) is 13.0 Å². The molecule has 0 aliphatic rings. The van der Waals surface area contributed by atoms with E-state index in [-0.39, 0.29) is 11.8 Å². The number of hydrogen-bond acceptors (Lipinski definition) is 3. The summed E-state index contributed by atoms with van der Waals surface area (Å²) in [5.41, 5.74) is 0.611. The van der Waals surface area contributed by atoms with Crippen molar-refractivity contribution in [3.05, 3.63) is 12.2 Å². The van der Waals surface area contributed by atoms with E-state index in [1.165, 1.54) is 0 Å². The average molecular weight is 212 g/mol. The number of hydrogen-bond donors (Lipinski definition) is 0. The third kappa shape index (κ3) is 7.91. The van der Waals surface area contributed by atoms with Crippen LogP contribution in [0.3, 0.4) is 0 Å². The van der Waals surface area contributed by atoms with Gasteiger partial charge in [0.2, 0.25) is 0 Å². The maximum atomic E-state index is 11.2. The molecule has 3 nitrogen and oxygen atoms in total. The van der Waals surface area contributed by atoms with Crippen molar-refractivity contribution in [2.75, 3.05) is 6.61 Å². The predicted octanol–water partition coefficient (Wildman–Crippen LogP) is 2.65. The molecular weight excluding hydrogens is 192 g/mol. The normalized spacial score (nSPS) is 9.73. The number of Topliss-reactive ketones (excluding diaryl/α,β-unsaturated/α-hetero) is 1. The van der Waals surface area contributed by atoms with Gasteiger partial charge in [-0.05, 0) is 32.3 Å². The molecule has 0 heterocycles. The molecule has 0 amide bonds. The topological polar surface area (TPSA) is 43.4 Å². The lowest BCUT2D eigenvalue weighted by atomic mass is 10.1. The van der Waals surface area contributed by atoms with Crippen molar-refractivity contribution in [3.8, 4) is 0 Å². The van der Waals surface area contributed by atoms with Crippen LogP contribution in [0.4, 0.5) is 0 Å². The molecule has 0 unspecified atom stereocenters. The fraction of sp³-hybridized carbons (Fsp3) is 0.667. The van der Waals surface area contributed by atoms with Crippen LogP contribution in [0.1, 0.15) is 46.0 Å². The minimum atomic E-state index is -0.149. The van der Waals surface area contributed by atoms with Crippen LogP contribution in [0.2, 0.25) is 0 Å². The standard InChI is InChI=1S/C12H20O3/c1-4-15-12(14)9-7-5-6-8-11(13)10(2)3/h2,4-9H2,1,3H3. The first kappa shape index (κ1) is 13.9. The van der Waals surface area contributed by atoms with Gasteiger partial charge in [-0.2, -0.15) is 0 Å². The highest BCUT2D eigenvalue weighted by Gasteiger charge is 2.03. The summed E-state index contributed by atoms with van der Waals surface area (Å²) in [5.74, 6) is -0.0325. The van der Waals surface area contributed by atoms with Crippen LogP contribution in [0.25, 0.3) is 0 Å². The van der Waals surface area contributed by atoms with Crippen molar-refractivity contribution in [1.82, 2.24) is 0 Å². The summed E-state index contributed by atoms with van der Waals surface area (Å²) in [6.45, 7) is 7.54. The maximum Gasteiger partial charge on any atom is 0.305 e. The molecule has 15 heavy (non-hydrogen) atoms. The van der Waals surface area contributed by atoms with E-state index in [0.717, 1.165) is 19.3 Å². The molecular formula is C12H20O3. The Balaban J connectivity index is 3.36. The molecule has 0 atom stereocenters. The quantitative estimate of drug-likeness (QED) is 0.353. The summed E-state index contributed by atoms with van der Waals surface area (Å²) in [5, 5.41) is 0. The lowest BCUT2D eigenvalue weighted by Gasteiger charge is -2.01. The van der Waals surface area contributed by atoms with Gasteiger partial charge < -0.3 is 4.74 Å². The fourth-order valence-corrected chi connectivity index (χ4v) is 1.18. The molecule has 0 rings (SSSR count). The van der Waals surface area contributed by atoms with Crippen LogP contribution in [0, 0.1) is 0 Å². The Kier molecular flexibility index (Phi) is 7.60. The summed E-state index contributed by atoms with van der Waals surface area (Å²) in [4.78, 5) is 22.1. The van der Waals surface area contributed by atoms with E-state index >= 15 is 0 Å². The first-order valence-electron chi connectivity index (χ1n) is 5.42. The smallest absolute Gasteiger partial charge is 0.305 e. The summed E-state index contributed by atoms with van der Waals surface area (Å²) in [6, 6.07) is 0. The molecule has 0 saturated carbocycles.